The molecule has 0 fully saturated rings. The Hall–Kier alpha value is -0.300. The Morgan fingerprint density at radius 1 is 0.300 bits per heavy atom. The van der Waals surface area contributed by atoms with Crippen LogP contribution in [0.2, 0.25) is 0 Å². The zero-order chi connectivity index (χ0) is 29.0. The molecule has 240 valence electrons. The lowest BCUT2D eigenvalue weighted by molar-refractivity contribution is 0.456. The van der Waals surface area contributed by atoms with E-state index >= 15 is 0 Å². The van der Waals surface area contributed by atoms with Crippen molar-refractivity contribution in [1.29, 1.82) is 0 Å². The molecule has 0 aromatic heterocycles. The summed E-state index contributed by atoms with van der Waals surface area (Å²) in [7, 11) is 4.27. The minimum absolute atomic E-state index is 1.08. The maximum absolute atomic E-state index is 2.36. The first-order chi connectivity index (χ1) is 19.8. The molecule has 0 saturated carbocycles. The summed E-state index contributed by atoms with van der Waals surface area (Å²) in [5, 5.41) is 0. The van der Waals surface area contributed by atoms with Crippen LogP contribution in [0.15, 0.2) is 12.2 Å². The fourth-order valence-electron chi connectivity index (χ4n) is 6.04. The Morgan fingerprint density at radius 3 is 0.750 bits per heavy atom. The number of unbranched alkanes of at least 4 members (excludes halogenated alkanes) is 32. The summed E-state index contributed by atoms with van der Waals surface area (Å²) in [5.74, 6) is 0. The number of rotatable bonds is 35. The SMILES string of the molecule is CCCCCCCCCCCCCCCCCCCCCCCCCCCCCCCCCCC=CCN(C)C. The quantitative estimate of drug-likeness (QED) is 0.0549. The van der Waals surface area contributed by atoms with Gasteiger partial charge >= 0.3 is 0 Å². The zero-order valence-electron chi connectivity index (χ0n) is 28.6. The van der Waals surface area contributed by atoms with Crippen molar-refractivity contribution in [3.05, 3.63) is 12.2 Å². The predicted octanol–water partition coefficient (Wildman–Crippen LogP) is 14.0. The van der Waals surface area contributed by atoms with Gasteiger partial charge in [-0.05, 0) is 26.9 Å². The second-order valence-electron chi connectivity index (χ2n) is 13.5. The molecule has 0 atom stereocenters. The molecule has 0 N–H and O–H groups in total. The van der Waals surface area contributed by atoms with E-state index in [1.54, 1.807) is 0 Å². The van der Waals surface area contributed by atoms with Crippen molar-refractivity contribution in [2.75, 3.05) is 20.6 Å². The highest BCUT2D eigenvalue weighted by molar-refractivity contribution is 4.83. The van der Waals surface area contributed by atoms with Crippen LogP contribution in [0.3, 0.4) is 0 Å². The van der Waals surface area contributed by atoms with Crippen molar-refractivity contribution >= 4 is 0 Å². The lowest BCUT2D eigenvalue weighted by Gasteiger charge is -2.05. The van der Waals surface area contributed by atoms with Gasteiger partial charge in [0.2, 0.25) is 0 Å². The van der Waals surface area contributed by atoms with Crippen LogP contribution in [-0.2, 0) is 0 Å². The summed E-state index contributed by atoms with van der Waals surface area (Å²) in [5.41, 5.74) is 0. The number of nitrogens with zero attached hydrogens (tertiary/aromatic N) is 1. The van der Waals surface area contributed by atoms with Gasteiger partial charge in [-0.3, -0.25) is 0 Å². The van der Waals surface area contributed by atoms with E-state index in [1.165, 1.54) is 212 Å². The third kappa shape index (κ3) is 37.7. The summed E-state index contributed by atoms with van der Waals surface area (Å²) < 4.78 is 0. The van der Waals surface area contributed by atoms with E-state index < -0.39 is 0 Å². The second-order valence-corrected chi connectivity index (χ2v) is 13.5. The molecule has 0 aliphatic heterocycles. The standard InChI is InChI=1S/C39H79N/c1-4-5-6-7-8-9-10-11-12-13-14-15-16-17-18-19-20-21-22-23-24-25-26-27-28-29-30-31-32-33-34-35-36-37-38-39-40(2)3/h37-38H,4-36,39H2,1-3H3. The van der Waals surface area contributed by atoms with E-state index in [2.05, 4.69) is 38.1 Å². The van der Waals surface area contributed by atoms with Crippen LogP contribution in [0.5, 0.6) is 0 Å². The normalized spacial score (nSPS) is 11.9. The highest BCUT2D eigenvalue weighted by Gasteiger charge is 1.97. The van der Waals surface area contributed by atoms with E-state index in [4.69, 9.17) is 0 Å². The van der Waals surface area contributed by atoms with Crippen LogP contribution in [0.25, 0.3) is 0 Å². The first kappa shape index (κ1) is 39.7. The van der Waals surface area contributed by atoms with Crippen molar-refractivity contribution in [2.24, 2.45) is 0 Å². The van der Waals surface area contributed by atoms with Crippen LogP contribution in [0.1, 0.15) is 219 Å². The monoisotopic (exact) mass is 562 g/mol. The smallest absolute Gasteiger partial charge is 0.0157 e. The lowest BCUT2D eigenvalue weighted by Crippen LogP contribution is -2.10. The first-order valence-electron chi connectivity index (χ1n) is 19.1. The molecule has 1 nitrogen and oxygen atoms in total. The number of hydrogen-bond acceptors (Lipinski definition) is 1. The van der Waals surface area contributed by atoms with Crippen LogP contribution in [-0.4, -0.2) is 25.5 Å². The maximum Gasteiger partial charge on any atom is 0.0157 e. The summed E-state index contributed by atoms with van der Waals surface area (Å²) in [6.07, 6.45) is 53.1. The fraction of sp³-hybridized carbons (Fsp3) is 0.949. The van der Waals surface area contributed by atoms with Gasteiger partial charge in [0.1, 0.15) is 0 Å². The molecule has 1 heteroatoms. The van der Waals surface area contributed by atoms with Crippen molar-refractivity contribution in [2.45, 2.75) is 219 Å². The third-order valence-electron chi connectivity index (χ3n) is 8.86. The molecule has 0 aromatic rings. The molecule has 0 heterocycles. The Morgan fingerprint density at radius 2 is 0.525 bits per heavy atom. The molecule has 0 aliphatic rings. The van der Waals surface area contributed by atoms with Gasteiger partial charge in [-0.2, -0.15) is 0 Å². The lowest BCUT2D eigenvalue weighted by atomic mass is 10.0. The largest absolute Gasteiger partial charge is 0.306 e. The van der Waals surface area contributed by atoms with Crippen molar-refractivity contribution in [3.8, 4) is 0 Å². The van der Waals surface area contributed by atoms with Crippen molar-refractivity contribution in [3.63, 3.8) is 0 Å². The van der Waals surface area contributed by atoms with Crippen LogP contribution in [0, 0.1) is 0 Å². The predicted molar refractivity (Wildman–Crippen MR) is 186 cm³/mol. The molecule has 0 bridgehead atoms. The molecule has 0 unspecified atom stereocenters. The van der Waals surface area contributed by atoms with Gasteiger partial charge in [0.25, 0.3) is 0 Å². The Labute approximate surface area is 256 Å². The van der Waals surface area contributed by atoms with E-state index in [9.17, 15) is 0 Å². The van der Waals surface area contributed by atoms with Gasteiger partial charge in [-0.15, -0.1) is 0 Å². The van der Waals surface area contributed by atoms with Gasteiger partial charge < -0.3 is 4.90 Å². The molecule has 0 aromatic carbocycles. The zero-order valence-corrected chi connectivity index (χ0v) is 28.6. The summed E-state index contributed by atoms with van der Waals surface area (Å²) in [4.78, 5) is 2.22. The molecule has 40 heavy (non-hydrogen) atoms. The number of likely N-dealkylation sites (N-methyl/N-ethyl adjacent to an activating group) is 1. The van der Waals surface area contributed by atoms with E-state index in [0.717, 1.165) is 6.54 Å². The average Bonchev–Trinajstić information content (AvgIpc) is 2.95. The second kappa shape index (κ2) is 36.7. The summed E-state index contributed by atoms with van der Waals surface area (Å²) in [6.45, 7) is 3.39. The minimum atomic E-state index is 1.08. The van der Waals surface area contributed by atoms with Crippen LogP contribution < -0.4 is 0 Å². The van der Waals surface area contributed by atoms with Gasteiger partial charge in [-0.25, -0.2) is 0 Å². The topological polar surface area (TPSA) is 3.24 Å². The molecule has 0 saturated heterocycles. The molecular formula is C39H79N. The van der Waals surface area contributed by atoms with E-state index in [0.29, 0.717) is 0 Å². The number of hydrogen-bond donors (Lipinski definition) is 0. The van der Waals surface area contributed by atoms with Crippen molar-refractivity contribution < 1.29 is 0 Å². The van der Waals surface area contributed by atoms with Gasteiger partial charge in [-0.1, -0.05) is 218 Å². The average molecular weight is 562 g/mol. The van der Waals surface area contributed by atoms with E-state index in [-0.39, 0.29) is 0 Å². The molecule has 0 aliphatic carbocycles. The number of allylic oxidation sites excluding steroid dienone is 1. The molecule has 0 amide bonds. The molecular weight excluding hydrogens is 482 g/mol. The van der Waals surface area contributed by atoms with Crippen LogP contribution in [0.4, 0.5) is 0 Å². The summed E-state index contributed by atoms with van der Waals surface area (Å²) >= 11 is 0. The highest BCUT2D eigenvalue weighted by atomic mass is 15.0. The van der Waals surface area contributed by atoms with Gasteiger partial charge in [0, 0.05) is 6.54 Å². The van der Waals surface area contributed by atoms with E-state index in [1.807, 2.05) is 0 Å². The van der Waals surface area contributed by atoms with Gasteiger partial charge in [0.05, 0.1) is 0 Å². The Balaban J connectivity index is 3.04. The minimum Gasteiger partial charge on any atom is -0.306 e. The maximum atomic E-state index is 2.36. The fourth-order valence-corrected chi connectivity index (χ4v) is 6.04. The van der Waals surface area contributed by atoms with Gasteiger partial charge in [0.15, 0.2) is 0 Å². The van der Waals surface area contributed by atoms with Crippen molar-refractivity contribution in [1.82, 2.24) is 4.90 Å². The molecule has 0 radical (unpaired) electrons. The molecule has 0 spiro atoms. The summed E-state index contributed by atoms with van der Waals surface area (Å²) in [6, 6.07) is 0. The van der Waals surface area contributed by atoms with Crippen LogP contribution >= 0.6 is 0 Å². The molecule has 0 rings (SSSR count). The first-order valence-corrected chi connectivity index (χ1v) is 19.1. The highest BCUT2D eigenvalue weighted by Crippen LogP contribution is 2.17. The Bertz CT molecular complexity index is 454. The third-order valence-corrected chi connectivity index (χ3v) is 8.86. The Kier molecular flexibility index (Phi) is 36.5.